The molecule has 1 unspecified atom stereocenters. The summed E-state index contributed by atoms with van der Waals surface area (Å²) in [5, 5.41) is 5.04. The number of hydrogen-bond acceptors (Lipinski definition) is 2. The highest BCUT2D eigenvalue weighted by Gasteiger charge is 2.24. The van der Waals surface area contributed by atoms with E-state index in [0.717, 1.165) is 5.52 Å². The maximum atomic E-state index is 4.54. The summed E-state index contributed by atoms with van der Waals surface area (Å²) in [5.74, 6) is 0. The zero-order valence-corrected chi connectivity index (χ0v) is 13.4. The quantitative estimate of drug-likeness (QED) is 0.755. The standard InChI is InChI=1S/C19H26N2/c1-14-8-9-17(16-7-5-13-20-18(14)16)21-15-6-4-11-19(2,3)12-10-15/h5,7-9,13,15,21H,4,6,10-12H2,1-3H3. The number of anilines is 1. The van der Waals surface area contributed by atoms with Crippen molar-refractivity contribution in [2.75, 3.05) is 5.32 Å². The van der Waals surface area contributed by atoms with Crippen LogP contribution in [0.15, 0.2) is 30.5 Å². The number of aryl methyl sites for hydroxylation is 1. The van der Waals surface area contributed by atoms with E-state index in [9.17, 15) is 0 Å². The molecule has 1 atom stereocenters. The summed E-state index contributed by atoms with van der Waals surface area (Å²) in [4.78, 5) is 4.54. The molecule has 3 rings (SSSR count). The Labute approximate surface area is 128 Å². The second kappa shape index (κ2) is 5.67. The molecule has 1 aliphatic rings. The van der Waals surface area contributed by atoms with Gasteiger partial charge in [-0.05, 0) is 61.8 Å². The Kier molecular flexibility index (Phi) is 3.88. The molecule has 1 heterocycles. The maximum Gasteiger partial charge on any atom is 0.0751 e. The van der Waals surface area contributed by atoms with Gasteiger partial charge in [0.25, 0.3) is 0 Å². The fraction of sp³-hybridized carbons (Fsp3) is 0.526. The van der Waals surface area contributed by atoms with Gasteiger partial charge in [-0.1, -0.05) is 26.3 Å². The molecule has 1 aliphatic carbocycles. The zero-order chi connectivity index (χ0) is 14.9. The molecule has 2 heteroatoms. The van der Waals surface area contributed by atoms with Gasteiger partial charge in [0.05, 0.1) is 5.52 Å². The van der Waals surface area contributed by atoms with E-state index in [1.807, 2.05) is 12.3 Å². The second-order valence-corrected chi connectivity index (χ2v) is 7.27. The van der Waals surface area contributed by atoms with Crippen LogP contribution in [0.25, 0.3) is 10.9 Å². The molecule has 21 heavy (non-hydrogen) atoms. The smallest absolute Gasteiger partial charge is 0.0751 e. The third-order valence-electron chi connectivity index (χ3n) is 4.91. The van der Waals surface area contributed by atoms with Crippen LogP contribution in [0.1, 0.15) is 51.5 Å². The topological polar surface area (TPSA) is 24.9 Å². The first-order valence-electron chi connectivity index (χ1n) is 8.16. The van der Waals surface area contributed by atoms with Crippen molar-refractivity contribution in [3.63, 3.8) is 0 Å². The van der Waals surface area contributed by atoms with Gasteiger partial charge < -0.3 is 5.32 Å². The molecule has 0 aliphatic heterocycles. The molecule has 1 saturated carbocycles. The van der Waals surface area contributed by atoms with Crippen LogP contribution in [-0.4, -0.2) is 11.0 Å². The predicted octanol–water partition coefficient (Wildman–Crippen LogP) is 5.31. The van der Waals surface area contributed by atoms with Crippen molar-refractivity contribution in [2.24, 2.45) is 5.41 Å². The molecule has 1 aromatic heterocycles. The van der Waals surface area contributed by atoms with Crippen LogP contribution in [0.2, 0.25) is 0 Å². The van der Waals surface area contributed by atoms with Crippen LogP contribution in [0, 0.1) is 12.3 Å². The molecule has 1 fully saturated rings. The highest BCUT2D eigenvalue weighted by molar-refractivity contribution is 5.93. The molecule has 0 saturated heterocycles. The van der Waals surface area contributed by atoms with E-state index in [2.05, 4.69) is 49.3 Å². The number of nitrogens with zero attached hydrogens (tertiary/aromatic N) is 1. The maximum absolute atomic E-state index is 4.54. The van der Waals surface area contributed by atoms with E-state index < -0.39 is 0 Å². The lowest BCUT2D eigenvalue weighted by molar-refractivity contribution is 0.313. The van der Waals surface area contributed by atoms with Crippen molar-refractivity contribution in [1.29, 1.82) is 0 Å². The minimum absolute atomic E-state index is 0.507. The summed E-state index contributed by atoms with van der Waals surface area (Å²) >= 11 is 0. The van der Waals surface area contributed by atoms with Crippen molar-refractivity contribution >= 4 is 16.6 Å². The van der Waals surface area contributed by atoms with Gasteiger partial charge in [-0.3, -0.25) is 4.98 Å². The summed E-state index contributed by atoms with van der Waals surface area (Å²) in [7, 11) is 0. The largest absolute Gasteiger partial charge is 0.382 e. The first kappa shape index (κ1) is 14.4. The van der Waals surface area contributed by atoms with Crippen molar-refractivity contribution < 1.29 is 0 Å². The fourth-order valence-corrected chi connectivity index (χ4v) is 3.47. The number of fused-ring (bicyclic) bond motifs is 1. The van der Waals surface area contributed by atoms with Crippen LogP contribution < -0.4 is 5.32 Å². The Morgan fingerprint density at radius 3 is 2.86 bits per heavy atom. The molecular weight excluding hydrogens is 256 g/mol. The normalized spacial score (nSPS) is 22.0. The number of benzene rings is 1. The fourth-order valence-electron chi connectivity index (χ4n) is 3.47. The third-order valence-corrected chi connectivity index (χ3v) is 4.91. The highest BCUT2D eigenvalue weighted by atomic mass is 14.9. The van der Waals surface area contributed by atoms with Gasteiger partial charge in [-0.2, -0.15) is 0 Å². The number of nitrogens with one attached hydrogen (secondary N) is 1. The molecule has 0 amide bonds. The molecule has 0 bridgehead atoms. The Bertz CT molecular complexity index is 630. The predicted molar refractivity (Wildman–Crippen MR) is 90.8 cm³/mol. The first-order valence-corrected chi connectivity index (χ1v) is 8.16. The minimum Gasteiger partial charge on any atom is -0.382 e. The number of aromatic nitrogens is 1. The molecule has 2 nitrogen and oxygen atoms in total. The summed E-state index contributed by atoms with van der Waals surface area (Å²) < 4.78 is 0. The third kappa shape index (κ3) is 3.20. The Balaban J connectivity index is 1.84. The van der Waals surface area contributed by atoms with Crippen LogP contribution in [-0.2, 0) is 0 Å². The molecule has 2 aromatic rings. The van der Waals surface area contributed by atoms with E-state index in [1.165, 1.54) is 48.7 Å². The van der Waals surface area contributed by atoms with E-state index >= 15 is 0 Å². The average Bonchev–Trinajstić information content (AvgIpc) is 2.63. The summed E-state index contributed by atoms with van der Waals surface area (Å²) in [5.41, 5.74) is 4.12. The van der Waals surface area contributed by atoms with Gasteiger partial charge in [0.2, 0.25) is 0 Å². The minimum atomic E-state index is 0.507. The first-order chi connectivity index (χ1) is 10.1. The Hall–Kier alpha value is -1.57. The summed E-state index contributed by atoms with van der Waals surface area (Å²) in [6.45, 7) is 6.94. The lowest BCUT2D eigenvalue weighted by Crippen LogP contribution is -2.19. The van der Waals surface area contributed by atoms with E-state index in [4.69, 9.17) is 0 Å². The van der Waals surface area contributed by atoms with Crippen LogP contribution in [0.4, 0.5) is 5.69 Å². The molecule has 0 spiro atoms. The van der Waals surface area contributed by atoms with Gasteiger partial charge in [0.1, 0.15) is 0 Å². The van der Waals surface area contributed by atoms with E-state index in [0.29, 0.717) is 11.5 Å². The molecular formula is C19H26N2. The number of hydrogen-bond donors (Lipinski definition) is 1. The van der Waals surface area contributed by atoms with Crippen molar-refractivity contribution in [2.45, 2.75) is 58.9 Å². The van der Waals surface area contributed by atoms with Gasteiger partial charge >= 0.3 is 0 Å². The van der Waals surface area contributed by atoms with Crippen LogP contribution >= 0.6 is 0 Å². The van der Waals surface area contributed by atoms with Crippen molar-refractivity contribution in [3.05, 3.63) is 36.0 Å². The second-order valence-electron chi connectivity index (χ2n) is 7.27. The van der Waals surface area contributed by atoms with E-state index in [-0.39, 0.29) is 0 Å². The lowest BCUT2D eigenvalue weighted by atomic mass is 9.85. The summed E-state index contributed by atoms with van der Waals surface area (Å²) in [6, 6.07) is 9.20. The number of pyridine rings is 1. The molecule has 112 valence electrons. The van der Waals surface area contributed by atoms with Gasteiger partial charge in [0, 0.05) is 23.3 Å². The SMILES string of the molecule is Cc1ccc(NC2CCCC(C)(C)CC2)c2cccnc12. The highest BCUT2D eigenvalue weighted by Crippen LogP contribution is 2.35. The van der Waals surface area contributed by atoms with Crippen LogP contribution in [0.5, 0.6) is 0 Å². The molecule has 0 radical (unpaired) electrons. The van der Waals surface area contributed by atoms with Gasteiger partial charge in [-0.15, -0.1) is 0 Å². The Morgan fingerprint density at radius 1 is 1.14 bits per heavy atom. The van der Waals surface area contributed by atoms with Crippen molar-refractivity contribution in [1.82, 2.24) is 4.98 Å². The van der Waals surface area contributed by atoms with Crippen LogP contribution in [0.3, 0.4) is 0 Å². The van der Waals surface area contributed by atoms with Crippen molar-refractivity contribution in [3.8, 4) is 0 Å². The zero-order valence-electron chi connectivity index (χ0n) is 13.4. The van der Waals surface area contributed by atoms with E-state index in [1.54, 1.807) is 0 Å². The van der Waals surface area contributed by atoms with Gasteiger partial charge in [-0.25, -0.2) is 0 Å². The average molecular weight is 282 g/mol. The summed E-state index contributed by atoms with van der Waals surface area (Å²) in [6.07, 6.45) is 8.41. The molecule has 1 N–H and O–H groups in total. The monoisotopic (exact) mass is 282 g/mol. The molecule has 1 aromatic carbocycles. The lowest BCUT2D eigenvalue weighted by Gasteiger charge is -2.23. The van der Waals surface area contributed by atoms with Gasteiger partial charge in [0.15, 0.2) is 0 Å². The number of rotatable bonds is 2. The Morgan fingerprint density at radius 2 is 2.00 bits per heavy atom.